The smallest absolute Gasteiger partial charge is 0.306 e. The zero-order valence-electron chi connectivity index (χ0n) is 52.2. The van der Waals surface area contributed by atoms with E-state index in [9.17, 15) is 35.1 Å². The number of esters is 1. The second-order valence-corrected chi connectivity index (χ2v) is 23.9. The number of amides is 1. The van der Waals surface area contributed by atoms with Crippen molar-refractivity contribution < 1.29 is 49.3 Å². The Kier molecular flexibility index (Phi) is 54.4. The molecular formula is C69H129NO10. The molecule has 1 heterocycles. The van der Waals surface area contributed by atoms with Gasteiger partial charge in [0.1, 0.15) is 24.4 Å². The Balaban J connectivity index is 2.60. The van der Waals surface area contributed by atoms with Gasteiger partial charge in [-0.1, -0.05) is 301 Å². The molecule has 0 aromatic heterocycles. The summed E-state index contributed by atoms with van der Waals surface area (Å²) >= 11 is 0. The maximum absolute atomic E-state index is 13.5. The highest BCUT2D eigenvalue weighted by Gasteiger charge is 2.47. The lowest BCUT2D eigenvalue weighted by Gasteiger charge is -2.41. The second-order valence-electron chi connectivity index (χ2n) is 23.9. The monoisotopic (exact) mass is 1130 g/mol. The summed E-state index contributed by atoms with van der Waals surface area (Å²) < 4.78 is 17.7. The first-order valence-corrected chi connectivity index (χ1v) is 34.3. The molecule has 1 fully saturated rings. The van der Waals surface area contributed by atoms with Gasteiger partial charge in [-0.05, 0) is 57.8 Å². The van der Waals surface area contributed by atoms with Gasteiger partial charge < -0.3 is 45.1 Å². The molecule has 8 unspecified atom stereocenters. The Hall–Kier alpha value is -2.12. The summed E-state index contributed by atoms with van der Waals surface area (Å²) in [6, 6.07) is -1.02. The number of hydrogen-bond donors (Lipinski definition) is 6. The highest BCUT2D eigenvalue weighted by atomic mass is 16.7. The molecule has 11 heteroatoms. The van der Waals surface area contributed by atoms with Gasteiger partial charge in [0.15, 0.2) is 12.4 Å². The Labute approximate surface area is 492 Å². The van der Waals surface area contributed by atoms with E-state index in [1.54, 1.807) is 6.08 Å². The van der Waals surface area contributed by atoms with Gasteiger partial charge in [0.05, 0.1) is 25.4 Å². The molecule has 0 bridgehead atoms. The normalized spacial score (nSPS) is 18.9. The minimum atomic E-state index is -1.61. The number of aliphatic hydroxyl groups is 5. The van der Waals surface area contributed by atoms with E-state index in [-0.39, 0.29) is 19.4 Å². The van der Waals surface area contributed by atoms with E-state index < -0.39 is 67.4 Å². The summed E-state index contributed by atoms with van der Waals surface area (Å²) in [5.74, 6) is -1.18. The van der Waals surface area contributed by atoms with Crippen molar-refractivity contribution >= 4 is 11.9 Å². The van der Waals surface area contributed by atoms with Crippen LogP contribution in [0.3, 0.4) is 0 Å². The predicted octanol–water partition coefficient (Wildman–Crippen LogP) is 17.0. The zero-order chi connectivity index (χ0) is 58.2. The maximum Gasteiger partial charge on any atom is 0.306 e. The summed E-state index contributed by atoms with van der Waals surface area (Å²) in [5, 5.41) is 57.1. The Morgan fingerprint density at radius 3 is 1.30 bits per heavy atom. The third kappa shape index (κ3) is 44.4. The highest BCUT2D eigenvalue weighted by Crippen LogP contribution is 2.26. The van der Waals surface area contributed by atoms with Gasteiger partial charge in [0.2, 0.25) is 5.91 Å². The molecule has 0 aromatic carbocycles. The fraction of sp³-hybridized carbons (Fsp3) is 0.884. The van der Waals surface area contributed by atoms with Crippen molar-refractivity contribution in [2.24, 2.45) is 0 Å². The minimum absolute atomic E-state index is 0.129. The van der Waals surface area contributed by atoms with E-state index in [1.165, 1.54) is 212 Å². The number of carbonyl (C=O) groups excluding carboxylic acids is 2. The molecule has 0 spiro atoms. The molecule has 0 aliphatic carbocycles. The van der Waals surface area contributed by atoms with Crippen molar-refractivity contribution in [3.63, 3.8) is 0 Å². The van der Waals surface area contributed by atoms with Gasteiger partial charge in [0.25, 0.3) is 0 Å². The maximum atomic E-state index is 13.5. The number of aliphatic hydroxyl groups excluding tert-OH is 5. The summed E-state index contributed by atoms with van der Waals surface area (Å²) in [5.41, 5.74) is 0. The Morgan fingerprint density at radius 2 is 0.863 bits per heavy atom. The molecule has 1 saturated heterocycles. The third-order valence-corrected chi connectivity index (χ3v) is 16.3. The van der Waals surface area contributed by atoms with Crippen molar-refractivity contribution in [3.05, 3.63) is 36.5 Å². The van der Waals surface area contributed by atoms with Crippen molar-refractivity contribution in [2.75, 3.05) is 13.2 Å². The quantitative estimate of drug-likeness (QED) is 0.0195. The number of allylic oxidation sites excluding steroid dienone is 5. The van der Waals surface area contributed by atoms with Crippen molar-refractivity contribution in [2.45, 2.75) is 378 Å². The average Bonchev–Trinajstić information content (AvgIpc) is 3.45. The molecule has 470 valence electrons. The standard InChI is InChI=1S/C69H129NO10/c1-4-7-10-13-16-19-22-25-27-29-31-32-33-35-37-39-42-45-48-51-54-57-64(74)80-67-66(76)65(75)63(58-71)79-69(67)78-59-60(61(72)55-52-49-46-43-40-24-21-18-15-12-9-6-3)70-68(77)62(73)56-53-50-47-44-41-38-36-34-30-28-26-23-20-17-14-11-8-5-2/h17,20,26,28,52,55,60-63,65-67,69,71-73,75-76H,4-16,18-19,21-25,27,29-51,53-54,56-59H2,1-3H3,(H,70,77)/b20-17-,28-26-,55-52+. The number of carbonyl (C=O) groups is 2. The lowest BCUT2D eigenvalue weighted by molar-refractivity contribution is -0.305. The third-order valence-electron chi connectivity index (χ3n) is 16.3. The fourth-order valence-corrected chi connectivity index (χ4v) is 10.9. The molecule has 8 atom stereocenters. The van der Waals surface area contributed by atoms with E-state index in [4.69, 9.17) is 14.2 Å². The van der Waals surface area contributed by atoms with Crippen LogP contribution in [0.2, 0.25) is 0 Å². The lowest BCUT2D eigenvalue weighted by atomic mass is 9.99. The van der Waals surface area contributed by atoms with E-state index in [2.05, 4.69) is 50.4 Å². The van der Waals surface area contributed by atoms with Crippen LogP contribution >= 0.6 is 0 Å². The van der Waals surface area contributed by atoms with Crippen molar-refractivity contribution in [1.29, 1.82) is 0 Å². The number of nitrogens with one attached hydrogen (secondary N) is 1. The zero-order valence-corrected chi connectivity index (χ0v) is 52.2. The van der Waals surface area contributed by atoms with Crippen LogP contribution in [0.4, 0.5) is 0 Å². The van der Waals surface area contributed by atoms with Gasteiger partial charge in [0, 0.05) is 6.42 Å². The van der Waals surface area contributed by atoms with Crippen LogP contribution in [-0.2, 0) is 23.8 Å². The van der Waals surface area contributed by atoms with E-state index in [1.807, 2.05) is 6.08 Å². The summed E-state index contributed by atoms with van der Waals surface area (Å²) in [4.78, 5) is 26.6. The van der Waals surface area contributed by atoms with Crippen LogP contribution in [0.25, 0.3) is 0 Å². The van der Waals surface area contributed by atoms with Gasteiger partial charge in [-0.3, -0.25) is 9.59 Å². The fourth-order valence-electron chi connectivity index (χ4n) is 10.9. The number of ether oxygens (including phenoxy) is 3. The summed E-state index contributed by atoms with van der Waals surface area (Å²) in [7, 11) is 0. The number of rotatable bonds is 59. The average molecular weight is 1130 g/mol. The van der Waals surface area contributed by atoms with Crippen LogP contribution in [0.1, 0.15) is 329 Å². The van der Waals surface area contributed by atoms with E-state index in [0.717, 1.165) is 70.6 Å². The molecule has 1 amide bonds. The first-order valence-electron chi connectivity index (χ1n) is 34.3. The number of hydrogen-bond acceptors (Lipinski definition) is 10. The van der Waals surface area contributed by atoms with Crippen molar-refractivity contribution in [1.82, 2.24) is 5.32 Å². The van der Waals surface area contributed by atoms with E-state index >= 15 is 0 Å². The molecule has 6 N–H and O–H groups in total. The molecular weight excluding hydrogens is 1000 g/mol. The van der Waals surface area contributed by atoms with Gasteiger partial charge >= 0.3 is 5.97 Å². The molecule has 11 nitrogen and oxygen atoms in total. The van der Waals surface area contributed by atoms with Gasteiger partial charge in [-0.15, -0.1) is 0 Å². The molecule has 0 radical (unpaired) electrons. The van der Waals surface area contributed by atoms with Gasteiger partial charge in [-0.2, -0.15) is 0 Å². The lowest BCUT2D eigenvalue weighted by Crippen LogP contribution is -2.61. The Bertz CT molecular complexity index is 1440. The SMILES string of the molecule is CCCCC/C=C\C/C=C\CCCCCCCCCCC(O)C(=O)NC(COC1OC(CO)C(O)C(O)C1OC(=O)CCCCCCCCCCCCCCCCCCCCCCC)C(O)/C=C/CCCCCCCCCCCC. The summed E-state index contributed by atoms with van der Waals surface area (Å²) in [6.45, 7) is 5.81. The molecule has 1 rings (SSSR count). The number of unbranched alkanes of at least 4 members (excludes halogenated alkanes) is 41. The molecule has 80 heavy (non-hydrogen) atoms. The van der Waals surface area contributed by atoms with E-state index in [0.29, 0.717) is 12.8 Å². The van der Waals surface area contributed by atoms with Crippen LogP contribution in [-0.4, -0.2) is 99.6 Å². The topological polar surface area (TPSA) is 175 Å². The highest BCUT2D eigenvalue weighted by molar-refractivity contribution is 5.80. The van der Waals surface area contributed by atoms with Crippen LogP contribution < -0.4 is 5.32 Å². The van der Waals surface area contributed by atoms with Gasteiger partial charge in [-0.25, -0.2) is 0 Å². The largest absolute Gasteiger partial charge is 0.454 e. The molecule has 0 saturated carbocycles. The molecule has 0 aromatic rings. The second kappa shape index (κ2) is 57.3. The molecule has 1 aliphatic rings. The Morgan fingerprint density at radius 1 is 0.487 bits per heavy atom. The molecule has 1 aliphatic heterocycles. The first-order chi connectivity index (χ1) is 39.2. The van der Waals surface area contributed by atoms with Crippen molar-refractivity contribution in [3.8, 4) is 0 Å². The first kappa shape index (κ1) is 75.9. The summed E-state index contributed by atoms with van der Waals surface area (Å²) in [6.07, 6.45) is 58.9. The van der Waals surface area contributed by atoms with Crippen LogP contribution in [0.15, 0.2) is 36.5 Å². The van der Waals surface area contributed by atoms with Crippen LogP contribution in [0, 0.1) is 0 Å². The minimum Gasteiger partial charge on any atom is -0.454 e. The predicted molar refractivity (Wildman–Crippen MR) is 334 cm³/mol. The van der Waals surface area contributed by atoms with Crippen LogP contribution in [0.5, 0.6) is 0 Å².